The fraction of sp³-hybridized carbons (Fsp3) is 0.414. The number of halogens is 3. The van der Waals surface area contributed by atoms with Gasteiger partial charge in [0.15, 0.2) is 5.13 Å². The number of aromatic nitrogens is 1. The lowest BCUT2D eigenvalue weighted by molar-refractivity contribution is -0.274. The molecule has 0 bridgehead atoms. The molecule has 3 heterocycles. The number of hydrogen-bond donors (Lipinski definition) is 2. The van der Waals surface area contributed by atoms with Crippen molar-refractivity contribution in [3.63, 3.8) is 0 Å². The Hall–Kier alpha value is -3.89. The van der Waals surface area contributed by atoms with Crippen LogP contribution in [0.5, 0.6) is 5.75 Å². The number of anilines is 1. The smallest absolute Gasteiger partial charge is 0.465 e. The Morgan fingerprint density at radius 2 is 1.76 bits per heavy atom. The van der Waals surface area contributed by atoms with E-state index in [2.05, 4.69) is 22.0 Å². The average Bonchev–Trinajstić information content (AvgIpc) is 3.43. The number of fused-ring (bicyclic) bond motifs is 1. The number of aryl methyl sites for hydroxylation is 1. The van der Waals surface area contributed by atoms with Crippen molar-refractivity contribution < 1.29 is 41.0 Å². The van der Waals surface area contributed by atoms with E-state index in [0.717, 1.165) is 63.1 Å². The third kappa shape index (κ3) is 7.68. The summed E-state index contributed by atoms with van der Waals surface area (Å²) in [6.45, 7) is 2.81. The summed E-state index contributed by atoms with van der Waals surface area (Å²) in [6.07, 6.45) is -3.59. The van der Waals surface area contributed by atoms with Crippen LogP contribution in [0.25, 0.3) is 0 Å². The molecule has 0 saturated carbocycles. The molecule has 2 aromatic carbocycles. The van der Waals surface area contributed by atoms with Gasteiger partial charge < -0.3 is 25.0 Å². The lowest BCUT2D eigenvalue weighted by atomic mass is 10.1. The molecule has 1 saturated heterocycles. The van der Waals surface area contributed by atoms with Crippen LogP contribution < -0.4 is 15.0 Å². The average molecular weight is 668 g/mol. The van der Waals surface area contributed by atoms with E-state index in [1.807, 2.05) is 29.2 Å². The van der Waals surface area contributed by atoms with Gasteiger partial charge >= 0.3 is 12.5 Å². The maximum absolute atomic E-state index is 13.8. The van der Waals surface area contributed by atoms with Crippen LogP contribution in [0.4, 0.5) is 23.1 Å². The number of ether oxygens (including phenoxy) is 1. The lowest BCUT2D eigenvalue weighted by Gasteiger charge is -2.39. The normalized spacial score (nSPS) is 17.6. The summed E-state index contributed by atoms with van der Waals surface area (Å²) < 4.78 is 70.3. The van der Waals surface area contributed by atoms with Gasteiger partial charge in [0.2, 0.25) is 15.9 Å². The molecule has 1 atom stereocenters. The minimum Gasteiger partial charge on any atom is -0.465 e. The van der Waals surface area contributed by atoms with Crippen LogP contribution in [0.1, 0.15) is 35.0 Å². The number of alkyl halides is 3. The molecular weight excluding hydrogens is 635 g/mol. The molecule has 0 aliphatic carbocycles. The van der Waals surface area contributed by atoms with E-state index in [-0.39, 0.29) is 37.6 Å². The van der Waals surface area contributed by atoms with Gasteiger partial charge in [-0.25, -0.2) is 18.2 Å². The number of thiazole rings is 1. The molecule has 2 N–H and O–H groups in total. The number of nitrogens with zero attached hydrogens (tertiary/aromatic N) is 4. The molecule has 0 spiro atoms. The first kappa shape index (κ1) is 32.5. The van der Waals surface area contributed by atoms with Gasteiger partial charge in [-0.2, -0.15) is 4.31 Å². The fourth-order valence-corrected chi connectivity index (χ4v) is 8.02. The van der Waals surface area contributed by atoms with Gasteiger partial charge in [-0.1, -0.05) is 48.9 Å². The molecular formula is C29H32F3N5O6S2. The second-order valence-corrected chi connectivity index (χ2v) is 13.7. The fourth-order valence-electron chi connectivity index (χ4n) is 5.29. The summed E-state index contributed by atoms with van der Waals surface area (Å²) >= 11 is 1.31. The Kier molecular flexibility index (Phi) is 9.55. The first-order valence-corrected chi connectivity index (χ1v) is 16.5. The maximum atomic E-state index is 13.8. The third-order valence-corrected chi connectivity index (χ3v) is 10.7. The lowest BCUT2D eigenvalue weighted by Crippen LogP contribution is -2.60. The summed E-state index contributed by atoms with van der Waals surface area (Å²) in [5, 5.41) is 12.8. The Labute approximate surface area is 262 Å². The standard InChI is InChI=1S/C29H32F3N5O6S2/c1-2-3-19-4-6-20(7-5-19)16-33-26(38)24-17-35(27-34-23-12-13-36(28(39)40)18-25(23)44-27)14-15-37(24)45(41,42)22-10-8-21(9-11-22)43-29(30,31)32/h4-11,24H,2-3,12-18H2,1H3,(H,33,38)(H,39,40)/t24-/m1/s1. The van der Waals surface area contributed by atoms with Crippen molar-refractivity contribution >= 4 is 38.5 Å². The number of hydrogen-bond acceptors (Lipinski definition) is 8. The van der Waals surface area contributed by atoms with Crippen LogP contribution >= 0.6 is 11.3 Å². The molecule has 3 aromatic rings. The molecule has 5 rings (SSSR count). The van der Waals surface area contributed by atoms with E-state index in [9.17, 15) is 36.3 Å². The van der Waals surface area contributed by atoms with Gasteiger partial charge in [-0.15, -0.1) is 13.2 Å². The van der Waals surface area contributed by atoms with Crippen LogP contribution in [0.3, 0.4) is 0 Å². The minimum atomic E-state index is -4.93. The Bertz CT molecular complexity index is 1630. The van der Waals surface area contributed by atoms with Crippen molar-refractivity contribution in [3.8, 4) is 5.75 Å². The number of carbonyl (C=O) groups is 2. The van der Waals surface area contributed by atoms with E-state index in [1.54, 1.807) is 0 Å². The molecule has 0 radical (unpaired) electrons. The molecule has 2 amide bonds. The Balaban J connectivity index is 1.38. The summed E-state index contributed by atoms with van der Waals surface area (Å²) in [5.74, 6) is -1.11. The molecule has 2 aliphatic heterocycles. The zero-order chi connectivity index (χ0) is 32.4. The van der Waals surface area contributed by atoms with Crippen LogP contribution in [0.2, 0.25) is 0 Å². The van der Waals surface area contributed by atoms with Crippen molar-refractivity contribution in [1.29, 1.82) is 0 Å². The second-order valence-electron chi connectivity index (χ2n) is 10.7. The molecule has 1 aromatic heterocycles. The molecule has 45 heavy (non-hydrogen) atoms. The van der Waals surface area contributed by atoms with Crippen LogP contribution in [0, 0.1) is 0 Å². The highest BCUT2D eigenvalue weighted by atomic mass is 32.2. The van der Waals surface area contributed by atoms with Gasteiger partial charge in [-0.05, 0) is 41.8 Å². The van der Waals surface area contributed by atoms with E-state index in [4.69, 9.17) is 0 Å². The van der Waals surface area contributed by atoms with Crippen LogP contribution in [-0.4, -0.2) is 78.3 Å². The highest BCUT2D eigenvalue weighted by Crippen LogP contribution is 2.33. The van der Waals surface area contributed by atoms with Crippen molar-refractivity contribution in [2.45, 2.75) is 56.6 Å². The molecule has 1 fully saturated rings. The number of carbonyl (C=O) groups excluding carboxylic acids is 1. The number of piperazine rings is 1. The molecule has 2 aliphatic rings. The van der Waals surface area contributed by atoms with E-state index in [1.165, 1.54) is 16.2 Å². The third-order valence-electron chi connectivity index (χ3n) is 7.59. The van der Waals surface area contributed by atoms with Crippen LogP contribution in [0.15, 0.2) is 53.4 Å². The number of amides is 2. The van der Waals surface area contributed by atoms with Crippen LogP contribution in [-0.2, 0) is 40.7 Å². The highest BCUT2D eigenvalue weighted by molar-refractivity contribution is 7.89. The zero-order valence-corrected chi connectivity index (χ0v) is 25.9. The van der Waals surface area contributed by atoms with E-state index >= 15 is 0 Å². The summed E-state index contributed by atoms with van der Waals surface area (Å²) in [7, 11) is -4.32. The molecule has 0 unspecified atom stereocenters. The van der Waals surface area contributed by atoms with Gasteiger partial charge in [0.05, 0.1) is 17.1 Å². The number of sulfonamides is 1. The van der Waals surface area contributed by atoms with Crippen molar-refractivity contribution in [1.82, 2.24) is 19.5 Å². The topological polar surface area (TPSA) is 132 Å². The SMILES string of the molecule is CCCc1ccc(CNC(=O)[C@H]2CN(c3nc4c(s3)CN(C(=O)O)CC4)CCN2S(=O)(=O)c2ccc(OC(F)(F)F)cc2)cc1. The van der Waals surface area contributed by atoms with Gasteiger partial charge in [0, 0.05) is 44.0 Å². The minimum absolute atomic E-state index is 0.0369. The molecule has 16 heteroatoms. The van der Waals surface area contributed by atoms with Crippen molar-refractivity contribution in [2.75, 3.05) is 31.1 Å². The quantitative estimate of drug-likeness (QED) is 0.347. The van der Waals surface area contributed by atoms with Crippen molar-refractivity contribution in [2.24, 2.45) is 0 Å². The molecule has 242 valence electrons. The van der Waals surface area contributed by atoms with Gasteiger partial charge in [0.1, 0.15) is 11.8 Å². The first-order chi connectivity index (χ1) is 21.3. The largest absolute Gasteiger partial charge is 0.573 e. The number of carboxylic acid groups (broad SMARTS) is 1. The van der Waals surface area contributed by atoms with E-state index in [0.29, 0.717) is 18.1 Å². The highest BCUT2D eigenvalue weighted by Gasteiger charge is 2.41. The Morgan fingerprint density at radius 3 is 2.40 bits per heavy atom. The second kappa shape index (κ2) is 13.2. The zero-order valence-electron chi connectivity index (χ0n) is 24.3. The Morgan fingerprint density at radius 1 is 1.07 bits per heavy atom. The number of benzene rings is 2. The number of nitrogens with one attached hydrogen (secondary N) is 1. The summed E-state index contributed by atoms with van der Waals surface area (Å²) in [5.41, 5.74) is 2.77. The first-order valence-electron chi connectivity index (χ1n) is 14.3. The predicted molar refractivity (Wildman–Crippen MR) is 160 cm³/mol. The van der Waals surface area contributed by atoms with Gasteiger partial charge in [-0.3, -0.25) is 4.79 Å². The summed E-state index contributed by atoms with van der Waals surface area (Å²) in [6, 6.07) is 10.4. The number of rotatable bonds is 9. The predicted octanol–water partition coefficient (Wildman–Crippen LogP) is 4.23. The van der Waals surface area contributed by atoms with E-state index < -0.39 is 40.2 Å². The monoisotopic (exact) mass is 667 g/mol. The molecule has 11 nitrogen and oxygen atoms in total. The van der Waals surface area contributed by atoms with Crippen molar-refractivity contribution in [3.05, 3.63) is 70.2 Å². The maximum Gasteiger partial charge on any atom is 0.573 e. The van der Waals surface area contributed by atoms with Gasteiger partial charge in [0.25, 0.3) is 0 Å². The summed E-state index contributed by atoms with van der Waals surface area (Å²) in [4.78, 5) is 33.4.